The average molecular weight is 849 g/mol. The van der Waals surface area contributed by atoms with Crippen molar-refractivity contribution >= 4 is 31.9 Å². The van der Waals surface area contributed by atoms with Crippen molar-refractivity contribution in [3.8, 4) is 0 Å². The van der Waals surface area contributed by atoms with E-state index in [9.17, 15) is 0 Å². The van der Waals surface area contributed by atoms with Crippen molar-refractivity contribution < 1.29 is 71.1 Å². The minimum atomic E-state index is 0.506. The van der Waals surface area contributed by atoms with Gasteiger partial charge in [0.05, 0.1) is 198 Å². The maximum Gasteiger partial charge on any atom is 0.0701 e. The summed E-state index contributed by atoms with van der Waals surface area (Å²) in [5, 5.41) is 1.67. The molecule has 0 aromatic carbocycles. The summed E-state index contributed by atoms with van der Waals surface area (Å²) in [6, 6.07) is 0. The molecule has 0 rings (SSSR count). The number of hydrogen-bond acceptors (Lipinski definition) is 15. The lowest BCUT2D eigenvalue weighted by Gasteiger charge is -2.09. The molecule has 0 fully saturated rings. The Labute approximate surface area is 310 Å². The van der Waals surface area contributed by atoms with Crippen LogP contribution in [0.4, 0.5) is 0 Å². The van der Waals surface area contributed by atoms with Gasteiger partial charge in [-0.15, -0.1) is 0 Å². The molecule has 0 spiro atoms. The summed E-state index contributed by atoms with van der Waals surface area (Å²) in [7, 11) is 0. The highest BCUT2D eigenvalue weighted by Gasteiger charge is 1.97. The smallest absolute Gasteiger partial charge is 0.0701 e. The molecule has 0 N–H and O–H groups in total. The molecular formula is C32H64Br2O15. The van der Waals surface area contributed by atoms with Crippen molar-refractivity contribution in [1.29, 1.82) is 0 Å². The lowest BCUT2D eigenvalue weighted by Crippen LogP contribution is -2.15. The first-order valence-electron chi connectivity index (χ1n) is 17.2. The molecule has 49 heavy (non-hydrogen) atoms. The third-order valence-corrected chi connectivity index (χ3v) is 6.30. The molecule has 0 amide bonds. The van der Waals surface area contributed by atoms with E-state index in [0.29, 0.717) is 198 Å². The van der Waals surface area contributed by atoms with Gasteiger partial charge in [-0.3, -0.25) is 0 Å². The summed E-state index contributed by atoms with van der Waals surface area (Å²) in [6.45, 7) is 16.2. The van der Waals surface area contributed by atoms with Crippen LogP contribution >= 0.6 is 31.9 Å². The van der Waals surface area contributed by atoms with Gasteiger partial charge in [-0.05, 0) is 0 Å². The molecule has 0 radical (unpaired) electrons. The Balaban J connectivity index is 3.04. The molecule has 296 valence electrons. The fourth-order valence-corrected chi connectivity index (χ4v) is 3.75. The van der Waals surface area contributed by atoms with E-state index in [1.54, 1.807) is 0 Å². The summed E-state index contributed by atoms with van der Waals surface area (Å²) in [6.07, 6.45) is 0. The van der Waals surface area contributed by atoms with E-state index < -0.39 is 0 Å². The normalized spacial score (nSPS) is 11.6. The third kappa shape index (κ3) is 48.4. The van der Waals surface area contributed by atoms with Crippen LogP contribution in [-0.4, -0.2) is 209 Å². The van der Waals surface area contributed by atoms with Gasteiger partial charge in [-0.2, -0.15) is 0 Å². The van der Waals surface area contributed by atoms with Crippen LogP contribution in [0, 0.1) is 0 Å². The second kappa shape index (κ2) is 48.4. The zero-order valence-corrected chi connectivity index (χ0v) is 32.7. The molecule has 0 aromatic rings. The van der Waals surface area contributed by atoms with Crippen LogP contribution in [0.3, 0.4) is 0 Å². The highest BCUT2D eigenvalue weighted by Crippen LogP contribution is 1.89. The molecule has 0 atom stereocenters. The van der Waals surface area contributed by atoms with Crippen molar-refractivity contribution in [2.24, 2.45) is 0 Å². The zero-order valence-electron chi connectivity index (χ0n) is 29.5. The zero-order chi connectivity index (χ0) is 35.2. The van der Waals surface area contributed by atoms with Gasteiger partial charge in [-0.1, -0.05) is 31.9 Å². The number of ether oxygens (including phenoxy) is 15. The van der Waals surface area contributed by atoms with E-state index in [0.717, 1.165) is 10.7 Å². The van der Waals surface area contributed by atoms with Crippen LogP contribution in [0.1, 0.15) is 0 Å². The molecular weight excluding hydrogens is 784 g/mol. The Morgan fingerprint density at radius 1 is 0.143 bits per heavy atom. The van der Waals surface area contributed by atoms with Gasteiger partial charge in [-0.25, -0.2) is 0 Å². The van der Waals surface area contributed by atoms with Crippen molar-refractivity contribution in [3.05, 3.63) is 0 Å². The van der Waals surface area contributed by atoms with Gasteiger partial charge in [0.15, 0.2) is 0 Å². The van der Waals surface area contributed by atoms with Gasteiger partial charge in [0.2, 0.25) is 0 Å². The van der Waals surface area contributed by atoms with Crippen molar-refractivity contribution in [2.45, 2.75) is 0 Å². The van der Waals surface area contributed by atoms with Crippen LogP contribution in [0.5, 0.6) is 0 Å². The highest BCUT2D eigenvalue weighted by atomic mass is 79.9. The number of hydrogen-bond donors (Lipinski definition) is 0. The van der Waals surface area contributed by atoms with Crippen LogP contribution in [0.2, 0.25) is 0 Å². The second-order valence-corrected chi connectivity index (χ2v) is 11.1. The topological polar surface area (TPSA) is 138 Å². The van der Waals surface area contributed by atoms with E-state index >= 15 is 0 Å². The maximum absolute atomic E-state index is 5.49. The first-order chi connectivity index (χ1) is 24.4. The quantitative estimate of drug-likeness (QED) is 0.0652. The predicted molar refractivity (Wildman–Crippen MR) is 190 cm³/mol. The minimum Gasteiger partial charge on any atom is -0.378 e. The summed E-state index contributed by atoms with van der Waals surface area (Å²) in [5.74, 6) is 0. The highest BCUT2D eigenvalue weighted by molar-refractivity contribution is 9.09. The standard InChI is InChI=1S/C32H64Br2O15/c33-1-3-35-5-7-37-9-11-39-13-15-41-17-19-43-21-23-45-25-27-47-29-31-49-32-30-48-28-26-46-24-22-44-20-18-42-16-14-40-12-10-38-8-6-36-4-2-34/h1-32H2. The number of alkyl halides is 2. The van der Waals surface area contributed by atoms with Crippen molar-refractivity contribution in [1.82, 2.24) is 0 Å². The first-order valence-corrected chi connectivity index (χ1v) is 19.4. The third-order valence-electron chi connectivity index (χ3n) is 5.65. The molecule has 0 bridgehead atoms. The lowest BCUT2D eigenvalue weighted by atomic mass is 10.6. The molecule has 0 aromatic heterocycles. The molecule has 0 heterocycles. The van der Waals surface area contributed by atoms with Crippen molar-refractivity contribution in [3.63, 3.8) is 0 Å². The molecule has 17 heteroatoms. The van der Waals surface area contributed by atoms with Gasteiger partial charge in [0.1, 0.15) is 0 Å². The fourth-order valence-electron chi connectivity index (χ4n) is 3.29. The summed E-state index contributed by atoms with van der Waals surface area (Å²) in [4.78, 5) is 0. The Bertz CT molecular complexity index is 531. The number of halogens is 2. The molecule has 0 aliphatic carbocycles. The number of rotatable bonds is 46. The van der Waals surface area contributed by atoms with E-state index in [1.807, 2.05) is 0 Å². The monoisotopic (exact) mass is 846 g/mol. The Morgan fingerprint density at radius 3 is 0.306 bits per heavy atom. The predicted octanol–water partition coefficient (Wildman–Crippen LogP) is 2.03. The first kappa shape index (κ1) is 49.4. The summed E-state index contributed by atoms with van der Waals surface area (Å²) < 4.78 is 81.5. The largest absolute Gasteiger partial charge is 0.378 e. The van der Waals surface area contributed by atoms with Gasteiger partial charge in [0, 0.05) is 10.7 Å². The fraction of sp³-hybridized carbons (Fsp3) is 1.00. The van der Waals surface area contributed by atoms with E-state index in [4.69, 9.17) is 71.1 Å². The maximum atomic E-state index is 5.49. The Kier molecular flexibility index (Phi) is 48.7. The average Bonchev–Trinajstić information content (AvgIpc) is 3.11. The van der Waals surface area contributed by atoms with Gasteiger partial charge in [0.25, 0.3) is 0 Å². The van der Waals surface area contributed by atoms with E-state index in [-0.39, 0.29) is 0 Å². The Hall–Kier alpha value is 0.360. The van der Waals surface area contributed by atoms with Crippen LogP contribution in [0.25, 0.3) is 0 Å². The van der Waals surface area contributed by atoms with Crippen LogP contribution in [-0.2, 0) is 71.1 Å². The van der Waals surface area contributed by atoms with E-state index in [1.165, 1.54) is 0 Å². The van der Waals surface area contributed by atoms with Gasteiger partial charge >= 0.3 is 0 Å². The molecule has 0 aliphatic rings. The van der Waals surface area contributed by atoms with Crippen molar-refractivity contribution in [2.75, 3.05) is 209 Å². The van der Waals surface area contributed by atoms with Gasteiger partial charge < -0.3 is 71.1 Å². The molecule has 0 unspecified atom stereocenters. The molecule has 0 saturated heterocycles. The van der Waals surface area contributed by atoms with Crippen LogP contribution in [0.15, 0.2) is 0 Å². The van der Waals surface area contributed by atoms with Crippen LogP contribution < -0.4 is 0 Å². The summed E-state index contributed by atoms with van der Waals surface area (Å²) in [5.41, 5.74) is 0. The second-order valence-electron chi connectivity index (χ2n) is 9.56. The lowest BCUT2D eigenvalue weighted by molar-refractivity contribution is -0.0299. The molecule has 15 nitrogen and oxygen atoms in total. The Morgan fingerprint density at radius 2 is 0.224 bits per heavy atom. The summed E-state index contributed by atoms with van der Waals surface area (Å²) >= 11 is 6.60. The molecule has 0 saturated carbocycles. The van der Waals surface area contributed by atoms with E-state index in [2.05, 4.69) is 31.9 Å². The molecule has 0 aliphatic heterocycles. The SMILES string of the molecule is BrCCOCCOCCOCCOCCOCCOCCOCCOCCOCCOCCOCCOCCOCCOCCOCCBr. The minimum absolute atomic E-state index is 0.506.